The van der Waals surface area contributed by atoms with Crippen LogP contribution in [-0.4, -0.2) is 41.7 Å². The number of carbonyl (C=O) groups is 1. The molecule has 2 amide bonds. The molecule has 0 unspecified atom stereocenters. The van der Waals surface area contributed by atoms with Gasteiger partial charge in [-0.15, -0.1) is 5.10 Å². The third kappa shape index (κ3) is 3.11. The van der Waals surface area contributed by atoms with E-state index in [0.29, 0.717) is 24.8 Å². The predicted molar refractivity (Wildman–Crippen MR) is 52.6 cm³/mol. The Balaban J connectivity index is 1.68. The summed E-state index contributed by atoms with van der Waals surface area (Å²) in [7, 11) is 0. The first-order chi connectivity index (χ1) is 7.34. The number of carbonyl (C=O) groups excluding carboxylic acids is 1. The molecule has 1 aromatic heterocycles. The maximum absolute atomic E-state index is 11.3. The lowest BCUT2D eigenvalue weighted by atomic mass is 10.6. The topological polar surface area (TPSA) is 85.4 Å². The van der Waals surface area contributed by atoms with Gasteiger partial charge in [0.1, 0.15) is 5.00 Å². The van der Waals surface area contributed by atoms with E-state index >= 15 is 0 Å². The van der Waals surface area contributed by atoms with Gasteiger partial charge in [-0.25, -0.2) is 4.79 Å². The van der Waals surface area contributed by atoms with E-state index in [1.165, 1.54) is 6.20 Å². The Kier molecular flexibility index (Phi) is 3.43. The fraction of sp³-hybridized carbons (Fsp3) is 0.571. The second-order valence-corrected chi connectivity index (χ2v) is 3.57. The van der Waals surface area contributed by atoms with Crippen molar-refractivity contribution in [2.24, 2.45) is 0 Å². The summed E-state index contributed by atoms with van der Waals surface area (Å²) in [4.78, 5) is 11.3. The summed E-state index contributed by atoms with van der Waals surface area (Å²) in [5, 5.41) is 9.38. The van der Waals surface area contributed by atoms with E-state index < -0.39 is 0 Å². The monoisotopic (exact) mass is 230 g/mol. The highest BCUT2D eigenvalue weighted by atomic mass is 32.1. The van der Waals surface area contributed by atoms with Crippen molar-refractivity contribution in [3.05, 3.63) is 6.20 Å². The Morgan fingerprint density at radius 3 is 3.07 bits per heavy atom. The standard InChI is InChI=1S/C7H10N4O3S/c12-7(10-5-3-9-11-15-5)8-4-6-13-1-2-14-6/h3,6H,1-2,4H2,(H2,8,10,12). The van der Waals surface area contributed by atoms with Gasteiger partial charge in [-0.1, -0.05) is 4.49 Å². The minimum Gasteiger partial charge on any atom is -0.348 e. The Bertz CT molecular complexity index is 312. The van der Waals surface area contributed by atoms with Crippen molar-refractivity contribution in [1.82, 2.24) is 14.9 Å². The van der Waals surface area contributed by atoms with Crippen molar-refractivity contribution < 1.29 is 14.3 Å². The van der Waals surface area contributed by atoms with Crippen LogP contribution in [0.15, 0.2) is 6.20 Å². The van der Waals surface area contributed by atoms with Crippen LogP contribution in [0.25, 0.3) is 0 Å². The molecule has 1 aliphatic rings. The molecule has 2 rings (SSSR count). The summed E-state index contributed by atoms with van der Waals surface area (Å²) < 4.78 is 13.9. The smallest absolute Gasteiger partial charge is 0.320 e. The van der Waals surface area contributed by atoms with Gasteiger partial charge in [0.2, 0.25) is 0 Å². The predicted octanol–water partition coefficient (Wildman–Crippen LogP) is 0.0325. The van der Waals surface area contributed by atoms with Crippen molar-refractivity contribution in [1.29, 1.82) is 0 Å². The van der Waals surface area contributed by atoms with Crippen LogP contribution >= 0.6 is 11.5 Å². The summed E-state index contributed by atoms with van der Waals surface area (Å²) in [6, 6.07) is -0.319. The second-order valence-electron chi connectivity index (χ2n) is 2.79. The SMILES string of the molecule is O=C(NCC1OCCO1)Nc1cnns1. The van der Waals surface area contributed by atoms with Crippen LogP contribution in [-0.2, 0) is 9.47 Å². The fourth-order valence-corrected chi connectivity index (χ4v) is 1.49. The highest BCUT2D eigenvalue weighted by Gasteiger charge is 2.16. The van der Waals surface area contributed by atoms with Gasteiger partial charge in [-0.3, -0.25) is 5.32 Å². The minimum absolute atomic E-state index is 0.319. The molecule has 0 bridgehead atoms. The lowest BCUT2D eigenvalue weighted by Crippen LogP contribution is -2.35. The molecule has 0 aromatic carbocycles. The molecular formula is C7H10N4O3S. The Labute approximate surface area is 89.9 Å². The Hall–Kier alpha value is -1.25. The van der Waals surface area contributed by atoms with Crippen molar-refractivity contribution in [2.75, 3.05) is 25.1 Å². The number of urea groups is 1. The van der Waals surface area contributed by atoms with Crippen molar-refractivity contribution in [3.8, 4) is 0 Å². The van der Waals surface area contributed by atoms with E-state index in [-0.39, 0.29) is 12.3 Å². The third-order valence-electron chi connectivity index (χ3n) is 1.72. The van der Waals surface area contributed by atoms with Gasteiger partial charge in [0.15, 0.2) is 6.29 Å². The average molecular weight is 230 g/mol. The molecule has 1 fully saturated rings. The largest absolute Gasteiger partial charge is 0.348 e. The van der Waals surface area contributed by atoms with E-state index in [9.17, 15) is 4.79 Å². The molecule has 0 radical (unpaired) electrons. The van der Waals surface area contributed by atoms with Gasteiger partial charge in [0, 0.05) is 11.5 Å². The van der Waals surface area contributed by atoms with Crippen LogP contribution in [0.1, 0.15) is 0 Å². The zero-order chi connectivity index (χ0) is 10.5. The molecular weight excluding hydrogens is 220 g/mol. The zero-order valence-electron chi connectivity index (χ0n) is 7.80. The van der Waals surface area contributed by atoms with Gasteiger partial charge in [0.05, 0.1) is 26.0 Å². The number of nitrogens with one attached hydrogen (secondary N) is 2. The number of ether oxygens (including phenoxy) is 2. The highest BCUT2D eigenvalue weighted by molar-refractivity contribution is 7.10. The van der Waals surface area contributed by atoms with Gasteiger partial charge in [-0.05, 0) is 0 Å². The van der Waals surface area contributed by atoms with Crippen molar-refractivity contribution in [2.45, 2.75) is 6.29 Å². The summed E-state index contributed by atoms with van der Waals surface area (Å²) in [6.07, 6.45) is 1.14. The second kappa shape index (κ2) is 5.01. The Morgan fingerprint density at radius 2 is 2.40 bits per heavy atom. The van der Waals surface area contributed by atoms with E-state index in [1.54, 1.807) is 0 Å². The molecule has 8 heteroatoms. The number of anilines is 1. The van der Waals surface area contributed by atoms with Gasteiger partial charge >= 0.3 is 6.03 Å². The summed E-state index contributed by atoms with van der Waals surface area (Å²) in [6.45, 7) is 1.48. The summed E-state index contributed by atoms with van der Waals surface area (Å²) in [5.74, 6) is 0. The molecule has 1 saturated heterocycles. The molecule has 15 heavy (non-hydrogen) atoms. The molecule has 1 aliphatic heterocycles. The lowest BCUT2D eigenvalue weighted by molar-refractivity contribution is -0.0369. The molecule has 0 spiro atoms. The maximum atomic E-state index is 11.3. The molecule has 7 nitrogen and oxygen atoms in total. The van der Waals surface area contributed by atoms with Crippen molar-refractivity contribution >= 4 is 22.6 Å². The maximum Gasteiger partial charge on any atom is 0.320 e. The quantitative estimate of drug-likeness (QED) is 0.765. The minimum atomic E-state index is -0.338. The summed E-state index contributed by atoms with van der Waals surface area (Å²) in [5.41, 5.74) is 0. The van der Waals surface area contributed by atoms with Crippen molar-refractivity contribution in [3.63, 3.8) is 0 Å². The van der Waals surface area contributed by atoms with Crippen LogP contribution in [0.3, 0.4) is 0 Å². The van der Waals surface area contributed by atoms with Crippen LogP contribution in [0.2, 0.25) is 0 Å². The first-order valence-corrected chi connectivity index (χ1v) is 5.17. The van der Waals surface area contributed by atoms with E-state index in [0.717, 1.165) is 11.5 Å². The summed E-state index contributed by atoms with van der Waals surface area (Å²) >= 11 is 1.11. The molecule has 2 heterocycles. The fourth-order valence-electron chi connectivity index (χ4n) is 1.08. The molecule has 0 atom stereocenters. The molecule has 1 aromatic rings. The number of aromatic nitrogens is 2. The van der Waals surface area contributed by atoms with Crippen LogP contribution in [0, 0.1) is 0 Å². The first kappa shape index (κ1) is 10.3. The zero-order valence-corrected chi connectivity index (χ0v) is 8.62. The van der Waals surface area contributed by atoms with Crippen LogP contribution < -0.4 is 10.6 Å². The number of rotatable bonds is 3. The van der Waals surface area contributed by atoms with Gasteiger partial charge in [0.25, 0.3) is 0 Å². The molecule has 0 aliphatic carbocycles. The highest BCUT2D eigenvalue weighted by Crippen LogP contribution is 2.08. The van der Waals surface area contributed by atoms with E-state index in [4.69, 9.17) is 9.47 Å². The number of amides is 2. The number of hydrogen-bond donors (Lipinski definition) is 2. The van der Waals surface area contributed by atoms with Crippen LogP contribution in [0.4, 0.5) is 9.80 Å². The molecule has 0 saturated carbocycles. The normalized spacial score (nSPS) is 16.5. The molecule has 82 valence electrons. The average Bonchev–Trinajstić information content (AvgIpc) is 2.86. The third-order valence-corrected chi connectivity index (χ3v) is 2.30. The van der Waals surface area contributed by atoms with Gasteiger partial charge in [-0.2, -0.15) is 0 Å². The Morgan fingerprint density at radius 1 is 1.60 bits per heavy atom. The number of nitrogens with zero attached hydrogens (tertiary/aromatic N) is 2. The van der Waals surface area contributed by atoms with Crippen LogP contribution in [0.5, 0.6) is 0 Å². The lowest BCUT2D eigenvalue weighted by Gasteiger charge is -2.10. The molecule has 2 N–H and O–H groups in total. The number of hydrogen-bond acceptors (Lipinski definition) is 6. The first-order valence-electron chi connectivity index (χ1n) is 4.40. The van der Waals surface area contributed by atoms with Gasteiger partial charge < -0.3 is 14.8 Å². The van der Waals surface area contributed by atoms with E-state index in [2.05, 4.69) is 20.2 Å². The van der Waals surface area contributed by atoms with E-state index in [1.807, 2.05) is 0 Å².